The fraction of sp³-hybridized carbons (Fsp3) is 0.294. The SMILES string of the molecule is ICCc1cc(C#CCCCc2ccccc2)cs1. The van der Waals surface area contributed by atoms with Gasteiger partial charge in [-0.15, -0.1) is 11.3 Å². The van der Waals surface area contributed by atoms with Crippen LogP contribution in [0.5, 0.6) is 0 Å². The Morgan fingerprint density at radius 3 is 2.74 bits per heavy atom. The van der Waals surface area contributed by atoms with Crippen LogP contribution >= 0.6 is 33.9 Å². The molecule has 0 aliphatic heterocycles. The van der Waals surface area contributed by atoms with Crippen molar-refractivity contribution in [3.63, 3.8) is 0 Å². The molecule has 98 valence electrons. The van der Waals surface area contributed by atoms with Crippen molar-refractivity contribution in [3.05, 3.63) is 57.8 Å². The monoisotopic (exact) mass is 380 g/mol. The summed E-state index contributed by atoms with van der Waals surface area (Å²) in [5.74, 6) is 6.55. The van der Waals surface area contributed by atoms with E-state index in [0.717, 1.165) is 19.3 Å². The summed E-state index contributed by atoms with van der Waals surface area (Å²) in [5.41, 5.74) is 2.59. The largest absolute Gasteiger partial charge is 0.148 e. The van der Waals surface area contributed by atoms with Crippen LogP contribution in [0.1, 0.15) is 28.8 Å². The number of thiophene rings is 1. The van der Waals surface area contributed by atoms with Crippen LogP contribution in [0.4, 0.5) is 0 Å². The molecule has 0 saturated carbocycles. The second kappa shape index (κ2) is 8.39. The quantitative estimate of drug-likeness (QED) is 0.293. The van der Waals surface area contributed by atoms with E-state index in [1.54, 1.807) is 0 Å². The van der Waals surface area contributed by atoms with Crippen molar-refractivity contribution in [2.75, 3.05) is 4.43 Å². The predicted octanol–water partition coefficient (Wildman–Crippen LogP) is 5.10. The molecule has 0 spiro atoms. The summed E-state index contributed by atoms with van der Waals surface area (Å²) >= 11 is 4.24. The van der Waals surface area contributed by atoms with Crippen molar-refractivity contribution in [1.29, 1.82) is 0 Å². The van der Waals surface area contributed by atoms with Crippen molar-refractivity contribution >= 4 is 33.9 Å². The highest BCUT2D eigenvalue weighted by atomic mass is 127. The second-order valence-electron chi connectivity index (χ2n) is 4.38. The average Bonchev–Trinajstić information content (AvgIpc) is 2.88. The molecule has 2 rings (SSSR count). The maximum Gasteiger partial charge on any atom is 0.0355 e. The fourth-order valence-corrected chi connectivity index (χ4v) is 3.63. The normalized spacial score (nSPS) is 9.95. The van der Waals surface area contributed by atoms with Crippen LogP contribution in [0, 0.1) is 11.8 Å². The Hall–Kier alpha value is -0.790. The lowest BCUT2D eigenvalue weighted by Crippen LogP contribution is -1.83. The van der Waals surface area contributed by atoms with E-state index in [1.165, 1.54) is 26.9 Å². The summed E-state index contributed by atoms with van der Waals surface area (Å²) in [6.45, 7) is 0. The van der Waals surface area contributed by atoms with Crippen molar-refractivity contribution < 1.29 is 0 Å². The maximum absolute atomic E-state index is 3.28. The van der Waals surface area contributed by atoms with Crippen molar-refractivity contribution in [2.45, 2.75) is 25.7 Å². The van der Waals surface area contributed by atoms with Gasteiger partial charge in [0.2, 0.25) is 0 Å². The lowest BCUT2D eigenvalue weighted by atomic mass is 10.1. The number of benzene rings is 1. The van der Waals surface area contributed by atoms with E-state index in [-0.39, 0.29) is 0 Å². The number of unbranched alkanes of at least 4 members (excludes halogenated alkanes) is 1. The molecule has 0 bridgehead atoms. The van der Waals surface area contributed by atoms with E-state index in [4.69, 9.17) is 0 Å². The third-order valence-corrected chi connectivity index (χ3v) is 4.37. The zero-order valence-corrected chi connectivity index (χ0v) is 13.8. The lowest BCUT2D eigenvalue weighted by molar-refractivity contribution is 0.858. The molecule has 0 amide bonds. The molecule has 0 unspecified atom stereocenters. The third-order valence-electron chi connectivity index (χ3n) is 2.84. The van der Waals surface area contributed by atoms with Crippen LogP contribution in [-0.2, 0) is 12.8 Å². The molecule has 0 atom stereocenters. The van der Waals surface area contributed by atoms with Gasteiger partial charge in [-0.2, -0.15) is 0 Å². The molecule has 0 radical (unpaired) electrons. The van der Waals surface area contributed by atoms with Crippen LogP contribution in [0.25, 0.3) is 0 Å². The molecule has 0 nitrogen and oxygen atoms in total. The first-order chi connectivity index (χ1) is 9.38. The van der Waals surface area contributed by atoms with E-state index < -0.39 is 0 Å². The Morgan fingerprint density at radius 2 is 1.95 bits per heavy atom. The topological polar surface area (TPSA) is 0 Å². The van der Waals surface area contributed by atoms with E-state index >= 15 is 0 Å². The Bertz CT molecular complexity index is 545. The van der Waals surface area contributed by atoms with Gasteiger partial charge < -0.3 is 0 Å². The summed E-state index contributed by atoms with van der Waals surface area (Å²) in [6, 6.07) is 12.9. The highest BCUT2D eigenvalue weighted by molar-refractivity contribution is 14.1. The Labute approximate surface area is 133 Å². The average molecular weight is 380 g/mol. The van der Waals surface area contributed by atoms with Crippen LogP contribution < -0.4 is 0 Å². The lowest BCUT2D eigenvalue weighted by Gasteiger charge is -1.96. The van der Waals surface area contributed by atoms with E-state index in [1.807, 2.05) is 11.3 Å². The van der Waals surface area contributed by atoms with E-state index in [9.17, 15) is 0 Å². The maximum atomic E-state index is 3.28. The number of halogens is 1. The third kappa shape index (κ3) is 5.38. The second-order valence-corrected chi connectivity index (χ2v) is 6.46. The summed E-state index contributed by atoms with van der Waals surface area (Å²) in [5, 5.41) is 2.17. The number of hydrogen-bond donors (Lipinski definition) is 0. The molecular weight excluding hydrogens is 363 g/mol. The Balaban J connectivity index is 1.75. The van der Waals surface area contributed by atoms with Gasteiger partial charge in [0, 0.05) is 26.7 Å². The van der Waals surface area contributed by atoms with Gasteiger partial charge >= 0.3 is 0 Å². The van der Waals surface area contributed by atoms with Crippen molar-refractivity contribution in [2.24, 2.45) is 0 Å². The van der Waals surface area contributed by atoms with Crippen molar-refractivity contribution in [1.82, 2.24) is 0 Å². The molecule has 2 heteroatoms. The van der Waals surface area contributed by atoms with Gasteiger partial charge in [0.1, 0.15) is 0 Å². The van der Waals surface area contributed by atoms with E-state index in [2.05, 4.69) is 76.2 Å². The van der Waals surface area contributed by atoms with Gasteiger partial charge in [-0.1, -0.05) is 64.8 Å². The molecule has 19 heavy (non-hydrogen) atoms. The van der Waals surface area contributed by atoms with Gasteiger partial charge in [0.15, 0.2) is 0 Å². The first-order valence-electron chi connectivity index (χ1n) is 6.54. The van der Waals surface area contributed by atoms with Gasteiger partial charge in [-0.25, -0.2) is 0 Å². The van der Waals surface area contributed by atoms with Crippen LogP contribution in [0.3, 0.4) is 0 Å². The van der Waals surface area contributed by atoms with Crippen LogP contribution in [0.15, 0.2) is 41.8 Å². The minimum atomic E-state index is 0.979. The number of hydrogen-bond acceptors (Lipinski definition) is 1. The molecule has 0 aliphatic rings. The van der Waals surface area contributed by atoms with Crippen LogP contribution in [0.2, 0.25) is 0 Å². The smallest absolute Gasteiger partial charge is 0.0355 e. The zero-order chi connectivity index (χ0) is 13.3. The van der Waals surface area contributed by atoms with Gasteiger partial charge in [0.25, 0.3) is 0 Å². The number of alkyl halides is 1. The van der Waals surface area contributed by atoms with Gasteiger partial charge in [0.05, 0.1) is 0 Å². The molecule has 0 saturated heterocycles. The molecule has 2 aromatic rings. The summed E-state index contributed by atoms with van der Waals surface area (Å²) in [6.07, 6.45) is 4.41. The molecule has 0 fully saturated rings. The van der Waals surface area contributed by atoms with Gasteiger partial charge in [-0.05, 0) is 30.9 Å². The molecule has 1 aromatic heterocycles. The van der Waals surface area contributed by atoms with Crippen molar-refractivity contribution in [3.8, 4) is 11.8 Å². The first kappa shape index (κ1) is 14.6. The molecular formula is C17H17IS. The van der Waals surface area contributed by atoms with E-state index in [0.29, 0.717) is 0 Å². The highest BCUT2D eigenvalue weighted by Crippen LogP contribution is 2.15. The first-order valence-corrected chi connectivity index (χ1v) is 8.95. The fourth-order valence-electron chi connectivity index (χ4n) is 1.86. The zero-order valence-electron chi connectivity index (χ0n) is 10.9. The predicted molar refractivity (Wildman–Crippen MR) is 93.2 cm³/mol. The molecule has 0 aliphatic carbocycles. The molecule has 1 aromatic carbocycles. The summed E-state index contributed by atoms with van der Waals surface area (Å²) in [4.78, 5) is 1.45. The van der Waals surface area contributed by atoms with Crippen LogP contribution in [-0.4, -0.2) is 4.43 Å². The van der Waals surface area contributed by atoms with Gasteiger partial charge in [-0.3, -0.25) is 0 Å². The number of aryl methyl sites for hydroxylation is 2. The number of rotatable bonds is 5. The summed E-state index contributed by atoms with van der Waals surface area (Å²) in [7, 11) is 0. The molecule has 1 heterocycles. The Morgan fingerprint density at radius 1 is 1.11 bits per heavy atom. The Kier molecular flexibility index (Phi) is 6.46. The minimum Gasteiger partial charge on any atom is -0.148 e. The summed E-state index contributed by atoms with van der Waals surface area (Å²) < 4.78 is 1.18. The standard InChI is InChI=1S/C17H17IS/c18-12-11-17-13-16(14-19-17)10-6-2-5-9-15-7-3-1-4-8-15/h1,3-4,7-8,13-14H,2,5,9,11-12H2. The minimum absolute atomic E-state index is 0.979. The highest BCUT2D eigenvalue weighted by Gasteiger charge is 1.96. The molecule has 0 N–H and O–H groups in total.